The summed E-state index contributed by atoms with van der Waals surface area (Å²) in [6.07, 6.45) is 6.59. The third-order valence-corrected chi connectivity index (χ3v) is 8.51. The van der Waals surface area contributed by atoms with Crippen LogP contribution in [-0.2, 0) is 0 Å². The number of hydrogen-bond donors (Lipinski definition) is 0. The fourth-order valence-electron chi connectivity index (χ4n) is 6.52. The van der Waals surface area contributed by atoms with Crippen molar-refractivity contribution >= 4 is 49.5 Å². The summed E-state index contributed by atoms with van der Waals surface area (Å²) in [6, 6.07) is 52.4. The molecule has 1 aliphatic carbocycles. The van der Waals surface area contributed by atoms with Crippen molar-refractivity contribution in [1.82, 2.24) is 4.57 Å². The van der Waals surface area contributed by atoms with Crippen molar-refractivity contribution in [2.75, 3.05) is 4.90 Å². The van der Waals surface area contributed by atoms with Crippen molar-refractivity contribution in [3.63, 3.8) is 0 Å². The molecular formula is C40H30N2. The van der Waals surface area contributed by atoms with Gasteiger partial charge in [-0.15, -0.1) is 0 Å². The van der Waals surface area contributed by atoms with E-state index in [1.54, 1.807) is 0 Å². The predicted octanol–water partition coefficient (Wildman–Crippen LogP) is 10.8. The molecule has 2 nitrogen and oxygen atoms in total. The first kappa shape index (κ1) is 24.5. The van der Waals surface area contributed by atoms with Gasteiger partial charge in [-0.2, -0.15) is 0 Å². The number of benzene rings is 6. The highest BCUT2D eigenvalue weighted by Gasteiger charge is 2.20. The number of anilines is 2. The molecule has 0 unspecified atom stereocenters. The predicted molar refractivity (Wildman–Crippen MR) is 179 cm³/mol. The highest BCUT2D eigenvalue weighted by Crippen LogP contribution is 2.39. The number of hydrogen-bond acceptors (Lipinski definition) is 1. The molecule has 8 rings (SSSR count). The smallest absolute Gasteiger partial charge is 0.0541 e. The number of para-hydroxylation sites is 3. The summed E-state index contributed by atoms with van der Waals surface area (Å²) in [5.41, 5.74) is 10.0. The van der Waals surface area contributed by atoms with Crippen LogP contribution in [-0.4, -0.2) is 4.57 Å². The van der Waals surface area contributed by atoms with Gasteiger partial charge in [0.15, 0.2) is 0 Å². The molecule has 7 aromatic rings. The Labute approximate surface area is 246 Å². The van der Waals surface area contributed by atoms with E-state index in [0.717, 1.165) is 12.8 Å². The van der Waals surface area contributed by atoms with Gasteiger partial charge in [0.2, 0.25) is 0 Å². The third-order valence-electron chi connectivity index (χ3n) is 8.51. The van der Waals surface area contributed by atoms with Crippen molar-refractivity contribution < 1.29 is 0 Å². The van der Waals surface area contributed by atoms with Gasteiger partial charge >= 0.3 is 0 Å². The number of nitrogens with zero attached hydrogens (tertiary/aromatic N) is 2. The van der Waals surface area contributed by atoms with Gasteiger partial charge in [-0.1, -0.05) is 109 Å². The molecule has 0 radical (unpaired) electrons. The van der Waals surface area contributed by atoms with Crippen LogP contribution in [0, 0.1) is 0 Å². The minimum absolute atomic E-state index is 0.971. The standard InChI is InChI=1S/C40H30N2/c1-2-13-32(14-3-1)41(38-20-10-12-31-11-4-5-15-35(31)38)33-25-21-29(22-26-33)30-23-27-34(28-24-30)42-39-18-8-6-16-36(39)37-17-7-9-19-40(37)42/h1-21,23-25,27-28H,22,26H2. The molecule has 0 saturated heterocycles. The normalized spacial score (nSPS) is 13.3. The van der Waals surface area contributed by atoms with Crippen LogP contribution < -0.4 is 4.90 Å². The number of aromatic nitrogens is 1. The van der Waals surface area contributed by atoms with E-state index in [-0.39, 0.29) is 0 Å². The van der Waals surface area contributed by atoms with Gasteiger partial charge in [-0.05, 0) is 77.9 Å². The highest BCUT2D eigenvalue weighted by molar-refractivity contribution is 6.09. The molecule has 1 aliphatic rings. The first-order chi connectivity index (χ1) is 20.8. The fraction of sp³-hybridized carbons (Fsp3) is 0.0500. The topological polar surface area (TPSA) is 8.17 Å². The fourth-order valence-corrected chi connectivity index (χ4v) is 6.52. The summed E-state index contributed by atoms with van der Waals surface area (Å²) in [7, 11) is 0. The van der Waals surface area contributed by atoms with E-state index < -0.39 is 0 Å². The van der Waals surface area contributed by atoms with Gasteiger partial charge in [0.25, 0.3) is 0 Å². The first-order valence-corrected chi connectivity index (χ1v) is 14.7. The highest BCUT2D eigenvalue weighted by atomic mass is 15.1. The van der Waals surface area contributed by atoms with Gasteiger partial charge in [0.1, 0.15) is 0 Å². The van der Waals surface area contributed by atoms with Gasteiger partial charge in [0, 0.05) is 33.2 Å². The van der Waals surface area contributed by atoms with Crippen LogP contribution in [0.15, 0.2) is 163 Å². The number of rotatable bonds is 5. The summed E-state index contributed by atoms with van der Waals surface area (Å²) in [5, 5.41) is 5.10. The molecule has 0 amide bonds. The lowest BCUT2D eigenvalue weighted by Crippen LogP contribution is -2.18. The lowest BCUT2D eigenvalue weighted by Gasteiger charge is -2.31. The monoisotopic (exact) mass is 538 g/mol. The van der Waals surface area contributed by atoms with Gasteiger partial charge < -0.3 is 9.47 Å². The van der Waals surface area contributed by atoms with Crippen LogP contribution in [0.2, 0.25) is 0 Å². The molecule has 1 heterocycles. The van der Waals surface area contributed by atoms with Crippen LogP contribution in [0.1, 0.15) is 18.4 Å². The van der Waals surface area contributed by atoms with Crippen molar-refractivity contribution in [3.8, 4) is 5.69 Å². The second kappa shape index (κ2) is 10.2. The maximum atomic E-state index is 2.43. The van der Waals surface area contributed by atoms with Crippen molar-refractivity contribution in [2.45, 2.75) is 12.8 Å². The van der Waals surface area contributed by atoms with E-state index >= 15 is 0 Å². The Morgan fingerprint density at radius 1 is 0.476 bits per heavy atom. The van der Waals surface area contributed by atoms with E-state index in [1.807, 2.05) is 0 Å². The van der Waals surface area contributed by atoms with Gasteiger partial charge in [0.05, 0.1) is 16.7 Å². The van der Waals surface area contributed by atoms with Gasteiger partial charge in [-0.3, -0.25) is 0 Å². The number of fused-ring (bicyclic) bond motifs is 4. The zero-order chi connectivity index (χ0) is 27.9. The molecule has 0 aliphatic heterocycles. The largest absolute Gasteiger partial charge is 0.314 e. The quantitative estimate of drug-likeness (QED) is 0.212. The zero-order valence-electron chi connectivity index (χ0n) is 23.3. The molecule has 0 saturated carbocycles. The summed E-state index contributed by atoms with van der Waals surface area (Å²) in [5.74, 6) is 0. The zero-order valence-corrected chi connectivity index (χ0v) is 23.3. The van der Waals surface area contributed by atoms with Crippen molar-refractivity contribution in [2.24, 2.45) is 0 Å². The van der Waals surface area contributed by atoms with E-state index in [2.05, 4.69) is 167 Å². The molecule has 2 heteroatoms. The molecule has 200 valence electrons. The van der Waals surface area contributed by atoms with Crippen molar-refractivity contribution in [3.05, 3.63) is 169 Å². The summed E-state index contributed by atoms with van der Waals surface area (Å²) >= 11 is 0. The van der Waals surface area contributed by atoms with Crippen LogP contribution in [0.3, 0.4) is 0 Å². The second-order valence-corrected chi connectivity index (χ2v) is 10.9. The Bertz CT molecular complexity index is 2070. The molecule has 0 spiro atoms. The lowest BCUT2D eigenvalue weighted by atomic mass is 9.94. The Balaban J connectivity index is 1.16. The van der Waals surface area contributed by atoms with Crippen LogP contribution in [0.25, 0.3) is 43.8 Å². The SMILES string of the molecule is C1=C(c2ccc(-n3c4ccccc4c4ccccc43)cc2)CCC(N(c2ccccc2)c2cccc3ccccc23)=C1. The van der Waals surface area contributed by atoms with Crippen LogP contribution in [0.5, 0.6) is 0 Å². The third kappa shape index (κ3) is 4.12. The molecule has 0 fully saturated rings. The molecule has 1 aromatic heterocycles. The van der Waals surface area contributed by atoms with Gasteiger partial charge in [-0.25, -0.2) is 0 Å². The second-order valence-electron chi connectivity index (χ2n) is 10.9. The van der Waals surface area contributed by atoms with Crippen molar-refractivity contribution in [1.29, 1.82) is 0 Å². The summed E-state index contributed by atoms with van der Waals surface area (Å²) < 4.78 is 2.38. The van der Waals surface area contributed by atoms with E-state index in [0.29, 0.717) is 0 Å². The molecule has 6 aromatic carbocycles. The molecule has 0 atom stereocenters. The lowest BCUT2D eigenvalue weighted by molar-refractivity contribution is 0.931. The minimum Gasteiger partial charge on any atom is -0.314 e. The summed E-state index contributed by atoms with van der Waals surface area (Å²) in [6.45, 7) is 0. The molecule has 0 bridgehead atoms. The molecule has 0 N–H and O–H groups in total. The number of allylic oxidation sites excluding steroid dienone is 4. The first-order valence-electron chi connectivity index (χ1n) is 14.7. The Morgan fingerprint density at radius 2 is 1.10 bits per heavy atom. The maximum absolute atomic E-state index is 2.43. The summed E-state index contributed by atoms with van der Waals surface area (Å²) in [4.78, 5) is 2.43. The average molecular weight is 539 g/mol. The average Bonchev–Trinajstić information content (AvgIpc) is 3.40. The van der Waals surface area contributed by atoms with E-state index in [4.69, 9.17) is 0 Å². The Morgan fingerprint density at radius 3 is 1.79 bits per heavy atom. The minimum atomic E-state index is 0.971. The maximum Gasteiger partial charge on any atom is 0.0541 e. The Hall–Kier alpha value is -5.34. The van der Waals surface area contributed by atoms with Crippen LogP contribution in [0.4, 0.5) is 11.4 Å². The van der Waals surface area contributed by atoms with E-state index in [1.165, 1.54) is 66.5 Å². The molecule has 42 heavy (non-hydrogen) atoms. The van der Waals surface area contributed by atoms with E-state index in [9.17, 15) is 0 Å². The Kier molecular flexibility index (Phi) is 5.97. The molecular weight excluding hydrogens is 508 g/mol. The van der Waals surface area contributed by atoms with Crippen LogP contribution >= 0.6 is 0 Å².